The van der Waals surface area contributed by atoms with Gasteiger partial charge in [0.15, 0.2) is 6.10 Å². The quantitative estimate of drug-likeness (QED) is 0.309. The lowest BCUT2D eigenvalue weighted by Gasteiger charge is -2.63. The Morgan fingerprint density at radius 3 is 2.20 bits per heavy atom. The maximum atomic E-state index is 13.8. The molecule has 0 aromatic carbocycles. The van der Waals surface area contributed by atoms with Gasteiger partial charge < -0.3 is 32.8 Å². The highest BCUT2D eigenvalue weighted by Crippen LogP contribution is 2.68. The van der Waals surface area contributed by atoms with Crippen LogP contribution in [0.2, 0.25) is 0 Å². The number of pyridine rings is 1. The van der Waals surface area contributed by atoms with E-state index in [4.69, 9.17) is 32.8 Å². The van der Waals surface area contributed by atoms with Crippen molar-refractivity contribution in [3.63, 3.8) is 0 Å². The molecule has 2 saturated carbocycles. The maximum Gasteiger partial charge on any atom is 0.374 e. The highest BCUT2D eigenvalue weighted by atomic mass is 16.6. The molecule has 1 saturated heterocycles. The number of furan rings is 1. The molecule has 8 atom stereocenters. The summed E-state index contributed by atoms with van der Waals surface area (Å²) in [4.78, 5) is 69.2. The summed E-state index contributed by atoms with van der Waals surface area (Å²) in [6, 6.07) is 6.03. The number of esters is 5. The van der Waals surface area contributed by atoms with Gasteiger partial charge >= 0.3 is 29.8 Å². The Balaban J connectivity index is 1.80. The topological polar surface area (TPSA) is 167 Å². The molecule has 1 spiro atoms. The van der Waals surface area contributed by atoms with Crippen LogP contribution in [0.25, 0.3) is 0 Å². The molecule has 2 bridgehead atoms. The third-order valence-electron chi connectivity index (χ3n) is 9.25. The molecule has 3 aliphatic rings. The second-order valence-corrected chi connectivity index (χ2v) is 12.4. The molecule has 2 aromatic rings. The minimum atomic E-state index is -1.74. The van der Waals surface area contributed by atoms with Gasteiger partial charge in [-0.1, -0.05) is 6.92 Å². The van der Waals surface area contributed by atoms with Crippen LogP contribution in [-0.2, 0) is 42.8 Å². The number of aromatic nitrogens is 1. The molecule has 0 amide bonds. The van der Waals surface area contributed by atoms with Crippen molar-refractivity contribution in [2.45, 2.75) is 90.0 Å². The molecule has 13 nitrogen and oxygen atoms in total. The van der Waals surface area contributed by atoms with E-state index in [0.717, 1.165) is 0 Å². The van der Waals surface area contributed by atoms with Crippen molar-refractivity contribution in [1.82, 2.24) is 4.98 Å². The fourth-order valence-electron chi connectivity index (χ4n) is 7.74. The molecule has 3 heterocycles. The van der Waals surface area contributed by atoms with Crippen LogP contribution >= 0.6 is 0 Å². The number of nitrogens with zero attached hydrogens (tertiary/aromatic N) is 1. The third-order valence-corrected chi connectivity index (χ3v) is 9.25. The summed E-state index contributed by atoms with van der Waals surface area (Å²) < 4.78 is 42.4. The van der Waals surface area contributed by atoms with Crippen LogP contribution in [0.3, 0.4) is 0 Å². The van der Waals surface area contributed by atoms with Crippen molar-refractivity contribution in [2.75, 3.05) is 6.61 Å². The van der Waals surface area contributed by atoms with Crippen molar-refractivity contribution in [3.8, 4) is 0 Å². The van der Waals surface area contributed by atoms with Crippen molar-refractivity contribution >= 4 is 29.8 Å². The summed E-state index contributed by atoms with van der Waals surface area (Å²) in [5, 5.41) is 0. The molecule has 5 rings (SSSR count). The third kappa shape index (κ3) is 5.36. The molecule has 45 heavy (non-hydrogen) atoms. The highest BCUT2D eigenvalue weighted by molar-refractivity contribution is 5.89. The number of ether oxygens (including phenoxy) is 6. The SMILES string of the molecule is CC(=O)OC[C@@]12[C@@H](OC(C)=O)CC[C@@H](C)[C@]13OC(C)(C)[C@H]([C@@H](OC(C)=O)[C@H]2OC(=O)c1cccnc1)[C@H]3OC(=O)c1ccco1. The summed E-state index contributed by atoms with van der Waals surface area (Å²) in [7, 11) is 0. The number of hydrogen-bond donors (Lipinski definition) is 0. The first-order valence-electron chi connectivity index (χ1n) is 14.8. The van der Waals surface area contributed by atoms with Crippen molar-refractivity contribution < 1.29 is 56.8 Å². The zero-order valence-electron chi connectivity index (χ0n) is 26.0. The smallest absolute Gasteiger partial charge is 0.374 e. The van der Waals surface area contributed by atoms with Crippen LogP contribution in [0.1, 0.15) is 75.3 Å². The zero-order valence-corrected chi connectivity index (χ0v) is 26.0. The van der Waals surface area contributed by atoms with Gasteiger partial charge in [0.25, 0.3) is 0 Å². The van der Waals surface area contributed by atoms with Crippen molar-refractivity contribution in [1.29, 1.82) is 0 Å². The maximum absolute atomic E-state index is 13.8. The Labute approximate surface area is 259 Å². The van der Waals surface area contributed by atoms with E-state index in [2.05, 4.69) is 4.98 Å². The Morgan fingerprint density at radius 1 is 0.889 bits per heavy atom. The van der Waals surface area contributed by atoms with E-state index in [1.54, 1.807) is 19.9 Å². The Kier molecular flexibility index (Phi) is 8.51. The summed E-state index contributed by atoms with van der Waals surface area (Å²) >= 11 is 0. The average Bonchev–Trinajstić information content (AvgIpc) is 3.57. The molecule has 3 fully saturated rings. The first-order chi connectivity index (χ1) is 21.2. The average molecular weight is 628 g/mol. The molecule has 2 aromatic heterocycles. The molecule has 13 heteroatoms. The summed E-state index contributed by atoms with van der Waals surface area (Å²) in [5.74, 6) is -5.11. The van der Waals surface area contributed by atoms with E-state index in [1.807, 2.05) is 6.92 Å². The van der Waals surface area contributed by atoms with Gasteiger partial charge in [-0.15, -0.1) is 0 Å². The van der Waals surface area contributed by atoms with Crippen LogP contribution in [0.5, 0.6) is 0 Å². The predicted molar refractivity (Wildman–Crippen MR) is 151 cm³/mol. The molecule has 0 N–H and O–H groups in total. The predicted octanol–water partition coefficient (Wildman–Crippen LogP) is 3.45. The fraction of sp³-hybridized carbons (Fsp3) is 0.562. The standard InChI is InChI=1S/C32H37NO12/c1-17-11-12-23(41-19(3)35)31(16-40-18(2)34)27(44-28(37)21-9-7-13-33-15-21)25(42-20(4)36)24-26(32(17,31)45-30(24,5)6)43-29(38)22-10-8-14-39-22/h7-10,13-15,17,23-27H,11-12,16H2,1-6H3/t17-,23+,24-,25-,26-,27-,31+,32-/m1/s1. The second kappa shape index (κ2) is 11.9. The lowest BCUT2D eigenvalue weighted by molar-refractivity contribution is -0.312. The van der Waals surface area contributed by atoms with Crippen LogP contribution in [0.4, 0.5) is 0 Å². The van der Waals surface area contributed by atoms with Crippen molar-refractivity contribution in [2.24, 2.45) is 17.3 Å². The Morgan fingerprint density at radius 2 is 1.60 bits per heavy atom. The van der Waals surface area contributed by atoms with Gasteiger partial charge in [-0.05, 0) is 56.9 Å². The van der Waals surface area contributed by atoms with Gasteiger partial charge in [-0.25, -0.2) is 9.59 Å². The number of carbonyl (C=O) groups excluding carboxylic acids is 5. The van der Waals surface area contributed by atoms with E-state index in [1.165, 1.54) is 57.6 Å². The minimum absolute atomic E-state index is 0.0802. The van der Waals surface area contributed by atoms with E-state index >= 15 is 0 Å². The minimum Gasteiger partial charge on any atom is -0.465 e. The van der Waals surface area contributed by atoms with Gasteiger partial charge in [0, 0.05) is 33.2 Å². The Hall–Kier alpha value is -4.26. The van der Waals surface area contributed by atoms with Gasteiger partial charge in [-0.3, -0.25) is 19.4 Å². The van der Waals surface area contributed by atoms with Gasteiger partial charge in [0.1, 0.15) is 35.9 Å². The number of fused-ring (bicyclic) bond motifs is 1. The van der Waals surface area contributed by atoms with Crippen LogP contribution < -0.4 is 0 Å². The first kappa shape index (κ1) is 32.1. The monoisotopic (exact) mass is 627 g/mol. The first-order valence-corrected chi connectivity index (χ1v) is 14.8. The molecule has 242 valence electrons. The highest BCUT2D eigenvalue weighted by Gasteiger charge is 2.84. The van der Waals surface area contributed by atoms with E-state index < -0.39 is 89.3 Å². The van der Waals surface area contributed by atoms with Gasteiger partial charge in [0.2, 0.25) is 5.76 Å². The summed E-state index contributed by atoms with van der Waals surface area (Å²) in [5.41, 5.74) is -4.41. The fourth-order valence-corrected chi connectivity index (χ4v) is 7.74. The second-order valence-electron chi connectivity index (χ2n) is 12.4. The molecule has 1 aliphatic heterocycles. The van der Waals surface area contributed by atoms with E-state index in [0.29, 0.717) is 6.42 Å². The number of hydrogen-bond acceptors (Lipinski definition) is 13. The zero-order chi connectivity index (χ0) is 32.7. The molecule has 2 aliphatic carbocycles. The molecular formula is C32H37NO12. The molecule has 0 unspecified atom stereocenters. The molecular weight excluding hydrogens is 590 g/mol. The van der Waals surface area contributed by atoms with Crippen LogP contribution in [0.15, 0.2) is 47.3 Å². The Bertz CT molecular complexity index is 1460. The number of carbonyl (C=O) groups is 5. The van der Waals surface area contributed by atoms with E-state index in [-0.39, 0.29) is 17.7 Å². The lowest BCUT2D eigenvalue weighted by atomic mass is 9.47. The van der Waals surface area contributed by atoms with Gasteiger partial charge in [0.05, 0.1) is 23.3 Å². The lowest BCUT2D eigenvalue weighted by Crippen LogP contribution is -2.79. The normalized spacial score (nSPS) is 32.8. The number of rotatable bonds is 8. The van der Waals surface area contributed by atoms with Crippen molar-refractivity contribution in [3.05, 3.63) is 54.2 Å². The summed E-state index contributed by atoms with van der Waals surface area (Å²) in [6.07, 6.45) is -0.203. The largest absolute Gasteiger partial charge is 0.465 e. The van der Waals surface area contributed by atoms with E-state index in [9.17, 15) is 24.0 Å². The van der Waals surface area contributed by atoms with Gasteiger partial charge in [-0.2, -0.15) is 0 Å². The summed E-state index contributed by atoms with van der Waals surface area (Å²) in [6.45, 7) is 8.51. The van der Waals surface area contributed by atoms with Crippen LogP contribution in [0, 0.1) is 17.3 Å². The van der Waals surface area contributed by atoms with Crippen LogP contribution in [-0.4, -0.2) is 77.1 Å². The molecule has 0 radical (unpaired) electrons.